The third-order valence-corrected chi connectivity index (χ3v) is 2.94. The number of rotatable bonds is 7. The highest BCUT2D eigenvalue weighted by Gasteiger charge is 2.30. The van der Waals surface area contributed by atoms with Crippen LogP contribution in [0.1, 0.15) is 31.1 Å². The summed E-state index contributed by atoms with van der Waals surface area (Å²) in [6.07, 6.45) is -1.69. The molecule has 0 saturated carbocycles. The van der Waals surface area contributed by atoms with E-state index < -0.39 is 18.3 Å². The number of ether oxygens (including phenoxy) is 3. The molecule has 0 bridgehead atoms. The van der Waals surface area contributed by atoms with Crippen LogP contribution in [0.25, 0.3) is 0 Å². The predicted octanol–water partition coefficient (Wildman–Crippen LogP) is 2.78. The van der Waals surface area contributed by atoms with E-state index in [1.165, 1.54) is 0 Å². The minimum Gasteiger partial charge on any atom is -0.443 e. The van der Waals surface area contributed by atoms with E-state index in [-0.39, 0.29) is 12.7 Å². The molecule has 112 valence electrons. The Hall–Kier alpha value is -1.59. The van der Waals surface area contributed by atoms with Gasteiger partial charge in [0.1, 0.15) is 19.0 Å². The Morgan fingerprint density at radius 1 is 1.35 bits per heavy atom. The zero-order chi connectivity index (χ0) is 15.1. The van der Waals surface area contributed by atoms with Gasteiger partial charge in [-0.15, -0.1) is 0 Å². The first-order chi connectivity index (χ1) is 9.45. The molecular weight excluding hydrogens is 258 g/mol. The highest BCUT2D eigenvalue weighted by molar-refractivity contribution is 5.64. The van der Waals surface area contributed by atoms with E-state index in [9.17, 15) is 4.79 Å². The summed E-state index contributed by atoms with van der Waals surface area (Å²) in [5.41, 5.74) is 7.20. The summed E-state index contributed by atoms with van der Waals surface area (Å²) in [6.45, 7) is 6.01. The molecule has 0 heterocycles. The summed E-state index contributed by atoms with van der Waals surface area (Å²) < 4.78 is 15.9. The van der Waals surface area contributed by atoms with E-state index in [4.69, 9.17) is 19.9 Å². The van der Waals surface area contributed by atoms with Crippen LogP contribution in [0, 0.1) is 12.8 Å². The molecule has 0 spiro atoms. The number of benzene rings is 1. The van der Waals surface area contributed by atoms with Crippen molar-refractivity contribution in [2.45, 2.75) is 33.0 Å². The average molecular weight is 281 g/mol. The minimum atomic E-state index is -0.803. The Balaban J connectivity index is 3.04. The molecular formula is C15H23NO4. The first kappa shape index (κ1) is 16.5. The number of methoxy groups -OCH3 is 1. The molecule has 5 heteroatoms. The van der Waals surface area contributed by atoms with Crippen molar-refractivity contribution in [1.82, 2.24) is 0 Å². The second-order valence-electron chi connectivity index (χ2n) is 5.05. The van der Waals surface area contributed by atoms with E-state index in [0.29, 0.717) is 0 Å². The van der Waals surface area contributed by atoms with Gasteiger partial charge in [0.05, 0.1) is 0 Å². The van der Waals surface area contributed by atoms with Crippen molar-refractivity contribution in [1.29, 1.82) is 0 Å². The molecule has 0 fully saturated rings. The van der Waals surface area contributed by atoms with Gasteiger partial charge in [0, 0.05) is 7.11 Å². The molecule has 0 radical (unpaired) electrons. The molecule has 0 aliphatic carbocycles. The lowest BCUT2D eigenvalue weighted by Crippen LogP contribution is -2.34. The third kappa shape index (κ3) is 4.83. The number of nitrogens with two attached hydrogens (primary N) is 1. The lowest BCUT2D eigenvalue weighted by Gasteiger charge is -2.29. The van der Waals surface area contributed by atoms with Crippen LogP contribution < -0.4 is 5.73 Å². The number of hydrogen-bond acceptors (Lipinski definition) is 4. The van der Waals surface area contributed by atoms with Crippen molar-refractivity contribution in [3.05, 3.63) is 35.4 Å². The number of aryl methyl sites for hydroxylation is 1. The average Bonchev–Trinajstić information content (AvgIpc) is 2.37. The lowest BCUT2D eigenvalue weighted by atomic mass is 9.95. The molecule has 2 N–H and O–H groups in total. The molecule has 1 rings (SSSR count). The van der Waals surface area contributed by atoms with Crippen molar-refractivity contribution in [2.24, 2.45) is 11.7 Å². The first-order valence-corrected chi connectivity index (χ1v) is 6.59. The molecule has 1 aromatic carbocycles. The summed E-state index contributed by atoms with van der Waals surface area (Å²) in [7, 11) is 1.55. The monoisotopic (exact) mass is 281 g/mol. The maximum absolute atomic E-state index is 11.1. The van der Waals surface area contributed by atoms with Crippen molar-refractivity contribution in [3.63, 3.8) is 0 Å². The first-order valence-electron chi connectivity index (χ1n) is 6.59. The van der Waals surface area contributed by atoms with Gasteiger partial charge in [0.15, 0.2) is 0 Å². The molecule has 0 aliphatic heterocycles. The maximum Gasteiger partial charge on any atom is 0.404 e. The van der Waals surface area contributed by atoms with E-state index in [1.54, 1.807) is 7.11 Å². The number of carbonyl (C=O) groups excluding carboxylic acids is 1. The zero-order valence-corrected chi connectivity index (χ0v) is 12.5. The van der Waals surface area contributed by atoms with Crippen molar-refractivity contribution in [2.75, 3.05) is 13.9 Å². The quantitative estimate of drug-likeness (QED) is 0.780. The molecule has 0 aromatic heterocycles. The van der Waals surface area contributed by atoms with Crippen LogP contribution in [0.15, 0.2) is 24.3 Å². The van der Waals surface area contributed by atoms with Gasteiger partial charge in [0.25, 0.3) is 0 Å². The number of hydrogen-bond donors (Lipinski definition) is 1. The Morgan fingerprint density at radius 3 is 2.55 bits per heavy atom. The van der Waals surface area contributed by atoms with E-state index in [2.05, 4.69) is 0 Å². The van der Waals surface area contributed by atoms with Gasteiger partial charge in [-0.05, 0) is 18.4 Å². The standard InChI is InChI=1S/C15H23NO4/c1-10(2)13(20-15(16)17)14(19-9-18-4)12-7-5-6-11(3)8-12/h5-8,10,13-14H,9H2,1-4H3,(H2,16,17). The summed E-state index contributed by atoms with van der Waals surface area (Å²) in [6, 6.07) is 7.87. The van der Waals surface area contributed by atoms with Gasteiger partial charge in [-0.25, -0.2) is 4.79 Å². The Morgan fingerprint density at radius 2 is 2.05 bits per heavy atom. The van der Waals surface area contributed by atoms with Gasteiger partial charge in [-0.3, -0.25) is 0 Å². The second kappa shape index (κ2) is 7.87. The van der Waals surface area contributed by atoms with E-state index >= 15 is 0 Å². The van der Waals surface area contributed by atoms with Gasteiger partial charge in [-0.1, -0.05) is 43.7 Å². The van der Waals surface area contributed by atoms with E-state index in [1.807, 2.05) is 45.0 Å². The SMILES string of the molecule is COCOC(c1cccc(C)c1)C(OC(N)=O)C(C)C. The summed E-state index contributed by atoms with van der Waals surface area (Å²) in [5.74, 6) is 0.0601. The maximum atomic E-state index is 11.1. The molecule has 5 nitrogen and oxygen atoms in total. The van der Waals surface area contributed by atoms with Gasteiger partial charge in [-0.2, -0.15) is 0 Å². The molecule has 2 atom stereocenters. The molecule has 0 saturated heterocycles. The zero-order valence-electron chi connectivity index (χ0n) is 12.5. The van der Waals surface area contributed by atoms with Crippen molar-refractivity contribution >= 4 is 6.09 Å². The van der Waals surface area contributed by atoms with Crippen LogP contribution in [-0.2, 0) is 14.2 Å². The van der Waals surface area contributed by atoms with Gasteiger partial charge < -0.3 is 19.9 Å². The smallest absolute Gasteiger partial charge is 0.404 e. The Bertz CT molecular complexity index is 434. The minimum absolute atomic E-state index is 0.0601. The lowest BCUT2D eigenvalue weighted by molar-refractivity contribution is -0.124. The normalized spacial score (nSPS) is 14.1. The molecule has 2 unspecified atom stereocenters. The topological polar surface area (TPSA) is 70.8 Å². The van der Waals surface area contributed by atoms with Gasteiger partial charge in [0.2, 0.25) is 0 Å². The third-order valence-electron chi connectivity index (χ3n) is 2.94. The largest absolute Gasteiger partial charge is 0.443 e. The second-order valence-corrected chi connectivity index (χ2v) is 5.05. The summed E-state index contributed by atoms with van der Waals surface area (Å²) in [4.78, 5) is 11.1. The van der Waals surface area contributed by atoms with Crippen LogP contribution in [0.3, 0.4) is 0 Å². The predicted molar refractivity (Wildman–Crippen MR) is 76.2 cm³/mol. The molecule has 0 aliphatic rings. The van der Waals surface area contributed by atoms with E-state index in [0.717, 1.165) is 11.1 Å². The van der Waals surface area contributed by atoms with Crippen LogP contribution >= 0.6 is 0 Å². The fourth-order valence-electron chi connectivity index (χ4n) is 2.05. The Labute approximate surface area is 120 Å². The van der Waals surface area contributed by atoms with Crippen molar-refractivity contribution < 1.29 is 19.0 Å². The number of primary amides is 1. The summed E-state index contributed by atoms with van der Waals surface area (Å²) >= 11 is 0. The van der Waals surface area contributed by atoms with Gasteiger partial charge >= 0.3 is 6.09 Å². The fraction of sp³-hybridized carbons (Fsp3) is 0.533. The highest BCUT2D eigenvalue weighted by Crippen LogP contribution is 2.29. The Kier molecular flexibility index (Phi) is 6.48. The highest BCUT2D eigenvalue weighted by atomic mass is 16.7. The van der Waals surface area contributed by atoms with Crippen LogP contribution in [0.4, 0.5) is 4.79 Å². The van der Waals surface area contributed by atoms with Crippen LogP contribution in [-0.4, -0.2) is 26.1 Å². The fourth-order valence-corrected chi connectivity index (χ4v) is 2.05. The molecule has 20 heavy (non-hydrogen) atoms. The number of amides is 1. The van der Waals surface area contributed by atoms with Crippen molar-refractivity contribution in [3.8, 4) is 0 Å². The van der Waals surface area contributed by atoms with Crippen LogP contribution in [0.5, 0.6) is 0 Å². The number of carbonyl (C=O) groups is 1. The molecule has 1 aromatic rings. The molecule has 1 amide bonds. The van der Waals surface area contributed by atoms with Crippen LogP contribution in [0.2, 0.25) is 0 Å². The summed E-state index contributed by atoms with van der Waals surface area (Å²) in [5, 5.41) is 0.